The van der Waals surface area contributed by atoms with E-state index in [0.717, 1.165) is 62.8 Å². The first-order valence-corrected chi connectivity index (χ1v) is 8.09. The number of morpholine rings is 1. The van der Waals surface area contributed by atoms with E-state index < -0.39 is 5.38 Å². The molecule has 1 fully saturated rings. The molecule has 1 aromatic rings. The molecule has 0 aromatic carbocycles. The van der Waals surface area contributed by atoms with E-state index >= 15 is 0 Å². The minimum atomic E-state index is -0.465. The van der Waals surface area contributed by atoms with Crippen molar-refractivity contribution in [2.75, 3.05) is 32.8 Å². The van der Waals surface area contributed by atoms with Crippen LogP contribution in [-0.4, -0.2) is 53.5 Å². The van der Waals surface area contributed by atoms with Crippen LogP contribution in [0.15, 0.2) is 6.07 Å². The average molecular weight is 313 g/mol. The largest absolute Gasteiger partial charge is 0.379 e. The molecule has 118 valence electrons. The lowest BCUT2D eigenvalue weighted by molar-refractivity contribution is 0.0369. The molecule has 1 aliphatic heterocycles. The van der Waals surface area contributed by atoms with Crippen LogP contribution in [0.1, 0.15) is 35.1 Å². The van der Waals surface area contributed by atoms with Gasteiger partial charge < -0.3 is 9.30 Å². The van der Waals surface area contributed by atoms with E-state index in [4.69, 9.17) is 16.3 Å². The Morgan fingerprint density at radius 3 is 2.62 bits per heavy atom. The van der Waals surface area contributed by atoms with E-state index in [9.17, 15) is 4.79 Å². The fourth-order valence-corrected chi connectivity index (χ4v) is 3.00. The molecule has 0 radical (unpaired) electrons. The normalized spacial score (nSPS) is 17.9. The van der Waals surface area contributed by atoms with Gasteiger partial charge in [-0.15, -0.1) is 11.6 Å². The van der Waals surface area contributed by atoms with Gasteiger partial charge in [-0.05, 0) is 33.3 Å². The highest BCUT2D eigenvalue weighted by Gasteiger charge is 2.19. The third kappa shape index (κ3) is 4.09. The molecule has 1 aromatic heterocycles. The molecular formula is C16H25ClN2O2. The first-order chi connectivity index (χ1) is 10.0. The van der Waals surface area contributed by atoms with Crippen LogP contribution in [0.25, 0.3) is 0 Å². The summed E-state index contributed by atoms with van der Waals surface area (Å²) in [5, 5.41) is -0.465. The molecule has 2 rings (SSSR count). The van der Waals surface area contributed by atoms with Crippen molar-refractivity contribution in [1.82, 2.24) is 9.47 Å². The number of aromatic nitrogens is 1. The summed E-state index contributed by atoms with van der Waals surface area (Å²) in [6.07, 6.45) is 1.08. The Hall–Kier alpha value is -0.840. The molecule has 1 saturated heterocycles. The van der Waals surface area contributed by atoms with Gasteiger partial charge in [0.25, 0.3) is 0 Å². The van der Waals surface area contributed by atoms with Crippen molar-refractivity contribution in [3.05, 3.63) is 23.0 Å². The van der Waals surface area contributed by atoms with Crippen molar-refractivity contribution < 1.29 is 9.53 Å². The summed E-state index contributed by atoms with van der Waals surface area (Å²) in [6.45, 7) is 11.5. The Morgan fingerprint density at radius 2 is 2.00 bits per heavy atom. The summed E-state index contributed by atoms with van der Waals surface area (Å²) >= 11 is 5.92. The fraction of sp³-hybridized carbons (Fsp3) is 0.688. The SMILES string of the molecule is Cc1cc(C(=O)C(C)Cl)c(C)n1CCCN1CCOCC1. The topological polar surface area (TPSA) is 34.5 Å². The predicted molar refractivity (Wildman–Crippen MR) is 85.4 cm³/mol. The molecule has 5 heteroatoms. The van der Waals surface area contributed by atoms with Crippen LogP contribution in [0.2, 0.25) is 0 Å². The highest BCUT2D eigenvalue weighted by molar-refractivity contribution is 6.33. The molecule has 0 aliphatic carbocycles. The molecular weight excluding hydrogens is 288 g/mol. The summed E-state index contributed by atoms with van der Waals surface area (Å²) in [5.74, 6) is 0.0178. The zero-order chi connectivity index (χ0) is 15.4. The monoisotopic (exact) mass is 312 g/mol. The minimum Gasteiger partial charge on any atom is -0.379 e. The third-order valence-corrected chi connectivity index (χ3v) is 4.36. The van der Waals surface area contributed by atoms with Gasteiger partial charge in [0.05, 0.1) is 18.6 Å². The Kier molecular flexibility index (Phi) is 5.85. The van der Waals surface area contributed by atoms with Crippen LogP contribution in [0.4, 0.5) is 0 Å². The molecule has 0 saturated carbocycles. The number of ether oxygens (including phenoxy) is 1. The van der Waals surface area contributed by atoms with Crippen LogP contribution < -0.4 is 0 Å². The summed E-state index contributed by atoms with van der Waals surface area (Å²) in [6, 6.07) is 1.96. The summed E-state index contributed by atoms with van der Waals surface area (Å²) < 4.78 is 7.59. The average Bonchev–Trinajstić information content (AvgIpc) is 2.75. The number of halogens is 1. The minimum absolute atomic E-state index is 0.0178. The van der Waals surface area contributed by atoms with E-state index in [2.05, 4.69) is 16.4 Å². The lowest BCUT2D eigenvalue weighted by atomic mass is 10.1. The van der Waals surface area contributed by atoms with Crippen molar-refractivity contribution in [1.29, 1.82) is 0 Å². The number of nitrogens with zero attached hydrogens (tertiary/aromatic N) is 2. The van der Waals surface area contributed by atoms with Crippen LogP contribution in [0, 0.1) is 13.8 Å². The quantitative estimate of drug-likeness (QED) is 0.598. The maximum absolute atomic E-state index is 12.1. The maximum atomic E-state index is 12.1. The predicted octanol–water partition coefficient (Wildman–Crippen LogP) is 2.64. The standard InChI is InChI=1S/C16H25ClN2O2/c1-12-11-15(16(20)13(2)17)14(3)19(12)6-4-5-18-7-9-21-10-8-18/h11,13H,4-10H2,1-3H3. The van der Waals surface area contributed by atoms with Crippen LogP contribution in [0.3, 0.4) is 0 Å². The van der Waals surface area contributed by atoms with E-state index in [0.29, 0.717) is 0 Å². The van der Waals surface area contributed by atoms with Gasteiger partial charge in [0.15, 0.2) is 5.78 Å². The molecule has 4 nitrogen and oxygen atoms in total. The van der Waals surface area contributed by atoms with Crippen LogP contribution >= 0.6 is 11.6 Å². The van der Waals surface area contributed by atoms with Gasteiger partial charge >= 0.3 is 0 Å². The molecule has 0 bridgehead atoms. The maximum Gasteiger partial charge on any atom is 0.182 e. The molecule has 1 aliphatic rings. The van der Waals surface area contributed by atoms with Gasteiger partial charge in [-0.25, -0.2) is 0 Å². The molecule has 0 spiro atoms. The first kappa shape index (κ1) is 16.5. The van der Waals surface area contributed by atoms with E-state index in [1.54, 1.807) is 6.92 Å². The second-order valence-electron chi connectivity index (χ2n) is 5.72. The highest BCUT2D eigenvalue weighted by Crippen LogP contribution is 2.19. The number of carbonyl (C=O) groups is 1. The molecule has 0 amide bonds. The van der Waals surface area contributed by atoms with Gasteiger partial charge in [-0.1, -0.05) is 0 Å². The van der Waals surface area contributed by atoms with Crippen LogP contribution in [-0.2, 0) is 11.3 Å². The van der Waals surface area contributed by atoms with Crippen molar-refractivity contribution in [2.45, 2.75) is 39.1 Å². The van der Waals surface area contributed by atoms with Gasteiger partial charge in [0.1, 0.15) is 0 Å². The first-order valence-electron chi connectivity index (χ1n) is 7.66. The lowest BCUT2D eigenvalue weighted by Crippen LogP contribution is -2.37. The lowest BCUT2D eigenvalue weighted by Gasteiger charge is -2.26. The number of rotatable bonds is 6. The molecule has 1 atom stereocenters. The van der Waals surface area contributed by atoms with Gasteiger partial charge in [0.2, 0.25) is 0 Å². The van der Waals surface area contributed by atoms with Gasteiger partial charge in [0, 0.05) is 43.1 Å². The number of aryl methyl sites for hydroxylation is 1. The van der Waals surface area contributed by atoms with E-state index in [-0.39, 0.29) is 5.78 Å². The Morgan fingerprint density at radius 1 is 1.33 bits per heavy atom. The van der Waals surface area contributed by atoms with Gasteiger partial charge in [-0.2, -0.15) is 0 Å². The number of carbonyl (C=O) groups excluding carboxylic acids is 1. The highest BCUT2D eigenvalue weighted by atomic mass is 35.5. The number of ketones is 1. The van der Waals surface area contributed by atoms with Gasteiger partial charge in [-0.3, -0.25) is 9.69 Å². The van der Waals surface area contributed by atoms with Crippen molar-refractivity contribution in [3.63, 3.8) is 0 Å². The van der Waals surface area contributed by atoms with Crippen molar-refractivity contribution >= 4 is 17.4 Å². The Bertz CT molecular complexity index is 491. The summed E-state index contributed by atoms with van der Waals surface area (Å²) in [7, 11) is 0. The molecule has 0 N–H and O–H groups in total. The summed E-state index contributed by atoms with van der Waals surface area (Å²) in [4.78, 5) is 14.5. The smallest absolute Gasteiger partial charge is 0.182 e. The second-order valence-corrected chi connectivity index (χ2v) is 6.38. The fourth-order valence-electron chi connectivity index (χ4n) is 2.89. The Labute approximate surface area is 132 Å². The van der Waals surface area contributed by atoms with E-state index in [1.165, 1.54) is 0 Å². The second kappa shape index (κ2) is 7.43. The van der Waals surface area contributed by atoms with Crippen LogP contribution in [0.5, 0.6) is 0 Å². The zero-order valence-electron chi connectivity index (χ0n) is 13.2. The third-order valence-electron chi connectivity index (χ3n) is 4.16. The summed E-state index contributed by atoms with van der Waals surface area (Å²) in [5.41, 5.74) is 2.93. The molecule has 2 heterocycles. The number of alkyl halides is 1. The molecule has 1 unspecified atom stereocenters. The molecule has 21 heavy (non-hydrogen) atoms. The van der Waals surface area contributed by atoms with E-state index in [1.807, 2.05) is 13.0 Å². The van der Waals surface area contributed by atoms with Crippen molar-refractivity contribution in [3.8, 4) is 0 Å². The number of Topliss-reactive ketones (excluding diaryl/α,β-unsaturated/α-hetero) is 1. The number of hydrogen-bond donors (Lipinski definition) is 0. The number of hydrogen-bond acceptors (Lipinski definition) is 3. The zero-order valence-corrected chi connectivity index (χ0v) is 13.9. The van der Waals surface area contributed by atoms with Crippen molar-refractivity contribution in [2.24, 2.45) is 0 Å². The Balaban J connectivity index is 1.95.